The molecule has 0 N–H and O–H groups in total. The lowest BCUT2D eigenvalue weighted by atomic mass is 9.82. The molecule has 2 aromatic rings. The molecule has 0 atom stereocenters. The number of alkyl halides is 6. The van der Waals surface area contributed by atoms with Crippen molar-refractivity contribution in [2.45, 2.75) is 44.5 Å². The SMILES string of the molecule is CCC(=O)Oc1ccc(C(F)(c2ccc(OC(=O)CC)cc2)C(F)(F)C(F)(F)F)cc1. The second-order valence-electron chi connectivity index (χ2n) is 6.43. The van der Waals surface area contributed by atoms with Crippen molar-refractivity contribution >= 4 is 11.9 Å². The Hall–Kier alpha value is -3.04. The molecular weight excluding hydrogens is 430 g/mol. The van der Waals surface area contributed by atoms with E-state index in [1.807, 2.05) is 0 Å². The lowest BCUT2D eigenvalue weighted by molar-refractivity contribution is -0.323. The Morgan fingerprint density at radius 1 is 0.677 bits per heavy atom. The van der Waals surface area contributed by atoms with Gasteiger partial charge in [-0.05, 0) is 24.3 Å². The second kappa shape index (κ2) is 8.99. The van der Waals surface area contributed by atoms with E-state index in [9.17, 15) is 31.5 Å². The summed E-state index contributed by atoms with van der Waals surface area (Å²) in [4.78, 5) is 22.6. The summed E-state index contributed by atoms with van der Waals surface area (Å²) in [5.74, 6) is -7.44. The van der Waals surface area contributed by atoms with Crippen molar-refractivity contribution in [3.8, 4) is 11.5 Å². The summed E-state index contributed by atoms with van der Waals surface area (Å²) in [6, 6.07) is 6.40. The van der Waals surface area contributed by atoms with Crippen LogP contribution in [0.1, 0.15) is 37.8 Å². The molecule has 4 nitrogen and oxygen atoms in total. The third-order valence-corrected chi connectivity index (χ3v) is 4.33. The first-order valence-electron chi connectivity index (χ1n) is 9.12. The van der Waals surface area contributed by atoms with Crippen molar-refractivity contribution in [1.29, 1.82) is 0 Å². The Morgan fingerprint density at radius 2 is 1.00 bits per heavy atom. The van der Waals surface area contributed by atoms with Crippen LogP contribution in [-0.2, 0) is 15.3 Å². The monoisotopic (exact) mass is 448 g/mol. The number of esters is 2. The van der Waals surface area contributed by atoms with Gasteiger partial charge in [0.2, 0.25) is 5.67 Å². The number of halogens is 6. The largest absolute Gasteiger partial charge is 0.457 e. The van der Waals surface area contributed by atoms with Crippen LogP contribution in [0.2, 0.25) is 0 Å². The van der Waals surface area contributed by atoms with Crippen LogP contribution in [0.25, 0.3) is 0 Å². The van der Waals surface area contributed by atoms with Gasteiger partial charge in [-0.1, -0.05) is 38.1 Å². The number of carbonyl (C=O) groups is 2. The van der Waals surface area contributed by atoms with Crippen LogP contribution in [0.5, 0.6) is 11.5 Å². The van der Waals surface area contributed by atoms with Gasteiger partial charge in [0.15, 0.2) is 0 Å². The van der Waals surface area contributed by atoms with E-state index in [0.717, 1.165) is 24.3 Å². The summed E-state index contributed by atoms with van der Waals surface area (Å²) in [6.07, 6.45) is -6.23. The van der Waals surface area contributed by atoms with Crippen LogP contribution >= 0.6 is 0 Å². The summed E-state index contributed by atoms with van der Waals surface area (Å²) in [6.45, 7) is 2.99. The van der Waals surface area contributed by atoms with Gasteiger partial charge in [0.05, 0.1) is 0 Å². The molecule has 0 saturated heterocycles. The van der Waals surface area contributed by atoms with E-state index in [1.54, 1.807) is 0 Å². The fourth-order valence-corrected chi connectivity index (χ4v) is 2.64. The summed E-state index contributed by atoms with van der Waals surface area (Å²) < 4.78 is 93.7. The van der Waals surface area contributed by atoms with Crippen LogP contribution in [0, 0.1) is 0 Å². The summed E-state index contributed by atoms with van der Waals surface area (Å²) >= 11 is 0. The Bertz CT molecular complexity index is 859. The molecule has 2 aromatic carbocycles. The van der Waals surface area contributed by atoms with Gasteiger partial charge < -0.3 is 9.47 Å². The fourth-order valence-electron chi connectivity index (χ4n) is 2.64. The molecule has 0 saturated carbocycles. The number of ether oxygens (including phenoxy) is 2. The van der Waals surface area contributed by atoms with Crippen molar-refractivity contribution in [2.24, 2.45) is 0 Å². The van der Waals surface area contributed by atoms with Gasteiger partial charge in [0.1, 0.15) is 11.5 Å². The minimum absolute atomic E-state index is 0.00407. The van der Waals surface area contributed by atoms with Gasteiger partial charge in [0.25, 0.3) is 0 Å². The lowest BCUT2D eigenvalue weighted by Gasteiger charge is -2.35. The zero-order valence-corrected chi connectivity index (χ0v) is 16.4. The molecule has 0 unspecified atom stereocenters. The quantitative estimate of drug-likeness (QED) is 0.309. The zero-order chi connectivity index (χ0) is 23.4. The summed E-state index contributed by atoms with van der Waals surface area (Å²) in [7, 11) is 0. The zero-order valence-electron chi connectivity index (χ0n) is 16.4. The molecule has 0 radical (unpaired) electrons. The molecule has 168 valence electrons. The predicted octanol–water partition coefficient (Wildman–Crippen LogP) is 5.73. The van der Waals surface area contributed by atoms with Gasteiger partial charge in [-0.2, -0.15) is 22.0 Å². The maximum Gasteiger partial charge on any atom is 0.457 e. The van der Waals surface area contributed by atoms with Crippen molar-refractivity contribution in [3.63, 3.8) is 0 Å². The summed E-state index contributed by atoms with van der Waals surface area (Å²) in [5.41, 5.74) is -6.33. The highest BCUT2D eigenvalue weighted by Crippen LogP contribution is 2.54. The van der Waals surface area contributed by atoms with Gasteiger partial charge >= 0.3 is 24.0 Å². The molecule has 0 aromatic heterocycles. The maximum atomic E-state index is 15.8. The smallest absolute Gasteiger partial charge is 0.427 e. The highest BCUT2D eigenvalue weighted by molar-refractivity contribution is 5.72. The molecule has 10 heteroatoms. The van der Waals surface area contributed by atoms with Gasteiger partial charge in [-0.25, -0.2) is 4.39 Å². The van der Waals surface area contributed by atoms with E-state index in [1.165, 1.54) is 13.8 Å². The van der Waals surface area contributed by atoms with Gasteiger partial charge in [0, 0.05) is 24.0 Å². The first-order valence-corrected chi connectivity index (χ1v) is 9.12. The second-order valence-corrected chi connectivity index (χ2v) is 6.43. The number of rotatable bonds is 7. The molecule has 0 heterocycles. The van der Waals surface area contributed by atoms with Crippen molar-refractivity contribution in [1.82, 2.24) is 0 Å². The topological polar surface area (TPSA) is 52.6 Å². The molecule has 0 fully saturated rings. The molecule has 2 rings (SSSR count). The van der Waals surface area contributed by atoms with Crippen LogP contribution < -0.4 is 9.47 Å². The first-order chi connectivity index (χ1) is 14.4. The van der Waals surface area contributed by atoms with Crippen LogP contribution in [0.15, 0.2) is 48.5 Å². The molecule has 0 amide bonds. The number of hydrogen-bond donors (Lipinski definition) is 0. The van der Waals surface area contributed by atoms with E-state index >= 15 is 4.39 Å². The van der Waals surface area contributed by atoms with E-state index < -0.39 is 40.8 Å². The average Bonchev–Trinajstić information content (AvgIpc) is 2.73. The van der Waals surface area contributed by atoms with E-state index in [2.05, 4.69) is 0 Å². The highest BCUT2D eigenvalue weighted by Gasteiger charge is 2.72. The van der Waals surface area contributed by atoms with Crippen molar-refractivity contribution < 1.29 is 45.4 Å². The number of hydrogen-bond acceptors (Lipinski definition) is 4. The normalized spacial score (nSPS) is 12.4. The standard InChI is InChI=1S/C21H18F6O4/c1-3-17(28)30-15-9-5-13(6-10-15)19(22,20(23,24)21(25,26)27)14-7-11-16(12-8-14)31-18(29)4-2/h5-12H,3-4H2,1-2H3. The van der Waals surface area contributed by atoms with Crippen LogP contribution in [0.3, 0.4) is 0 Å². The molecule has 31 heavy (non-hydrogen) atoms. The number of benzene rings is 2. The average molecular weight is 448 g/mol. The third kappa shape index (κ3) is 4.83. The van der Waals surface area contributed by atoms with Gasteiger partial charge in [-0.3, -0.25) is 9.59 Å². The Kier molecular flexibility index (Phi) is 7.03. The van der Waals surface area contributed by atoms with Crippen LogP contribution in [-0.4, -0.2) is 24.0 Å². The first kappa shape index (κ1) is 24.2. The Morgan fingerprint density at radius 3 is 1.26 bits per heavy atom. The predicted molar refractivity (Wildman–Crippen MR) is 97.6 cm³/mol. The molecule has 0 aliphatic heterocycles. The maximum absolute atomic E-state index is 15.8. The van der Waals surface area contributed by atoms with E-state index in [-0.39, 0.29) is 24.3 Å². The van der Waals surface area contributed by atoms with Crippen LogP contribution in [0.4, 0.5) is 26.3 Å². The molecule has 0 spiro atoms. The summed E-state index contributed by atoms with van der Waals surface area (Å²) in [5, 5.41) is 0. The fraction of sp³-hybridized carbons (Fsp3) is 0.333. The highest BCUT2D eigenvalue weighted by atomic mass is 19.4. The van der Waals surface area contributed by atoms with Gasteiger partial charge in [-0.15, -0.1) is 0 Å². The Labute approximate surface area is 173 Å². The molecule has 0 aliphatic rings. The number of carbonyl (C=O) groups excluding carboxylic acids is 2. The van der Waals surface area contributed by atoms with Crippen molar-refractivity contribution in [2.75, 3.05) is 0 Å². The van der Waals surface area contributed by atoms with E-state index in [4.69, 9.17) is 9.47 Å². The molecule has 0 aliphatic carbocycles. The molecular formula is C21H18F6O4. The third-order valence-electron chi connectivity index (χ3n) is 4.33. The van der Waals surface area contributed by atoms with Crippen molar-refractivity contribution in [3.05, 3.63) is 59.7 Å². The van der Waals surface area contributed by atoms with E-state index in [0.29, 0.717) is 24.3 Å². The lowest BCUT2D eigenvalue weighted by Crippen LogP contribution is -2.53. The molecule has 0 bridgehead atoms. The minimum Gasteiger partial charge on any atom is -0.427 e. The Balaban J connectivity index is 2.55. The minimum atomic E-state index is -6.22.